The van der Waals surface area contributed by atoms with Gasteiger partial charge in [0.15, 0.2) is 0 Å². The van der Waals surface area contributed by atoms with Crippen LogP contribution in [-0.4, -0.2) is 4.57 Å². The Balaban J connectivity index is 2.01. The number of hydrogen-bond donors (Lipinski definition) is 1. The molecule has 0 aliphatic heterocycles. The number of hydrogen-bond acceptors (Lipinski definition) is 1. The summed E-state index contributed by atoms with van der Waals surface area (Å²) in [4.78, 5) is 0. The van der Waals surface area contributed by atoms with Crippen LogP contribution < -0.4 is 5.73 Å². The summed E-state index contributed by atoms with van der Waals surface area (Å²) in [5.41, 5.74) is 8.80. The number of benzene rings is 2. The predicted molar refractivity (Wildman–Crippen MR) is 79.6 cm³/mol. The van der Waals surface area contributed by atoms with E-state index in [1.54, 1.807) is 6.07 Å². The van der Waals surface area contributed by atoms with Gasteiger partial charge in [0.25, 0.3) is 0 Å². The summed E-state index contributed by atoms with van der Waals surface area (Å²) in [6.45, 7) is 0.675. The van der Waals surface area contributed by atoms with Crippen LogP contribution in [0.1, 0.15) is 5.56 Å². The normalized spacial score (nSPS) is 11.1. The topological polar surface area (TPSA) is 30.9 Å². The van der Waals surface area contributed by atoms with Gasteiger partial charge in [0.05, 0.1) is 0 Å². The zero-order chi connectivity index (χ0) is 13.4. The lowest BCUT2D eigenvalue weighted by molar-refractivity contribution is 0.629. The molecule has 0 amide bonds. The van der Waals surface area contributed by atoms with Crippen molar-refractivity contribution in [2.75, 3.05) is 5.73 Å². The zero-order valence-corrected chi connectivity index (χ0v) is 11.7. The molecule has 19 heavy (non-hydrogen) atoms. The molecule has 0 saturated carbocycles. The van der Waals surface area contributed by atoms with E-state index < -0.39 is 0 Å². The van der Waals surface area contributed by atoms with E-state index in [0.29, 0.717) is 6.54 Å². The molecule has 2 nitrogen and oxygen atoms in total. The van der Waals surface area contributed by atoms with Crippen molar-refractivity contribution in [2.45, 2.75) is 6.54 Å². The maximum Gasteiger partial charge on any atom is 0.123 e. The SMILES string of the molecule is Nc1cc(Br)ccc1Cn1ccc2cc(F)ccc21. The Kier molecular flexibility index (Phi) is 3.03. The standard InChI is InChI=1S/C15H12BrFN2/c16-12-2-1-11(14(18)8-12)9-19-6-5-10-7-13(17)3-4-15(10)19/h1-8H,9,18H2. The molecule has 0 bridgehead atoms. The van der Waals surface area contributed by atoms with Crippen molar-refractivity contribution < 1.29 is 4.39 Å². The van der Waals surface area contributed by atoms with E-state index in [0.717, 1.165) is 26.6 Å². The molecule has 0 atom stereocenters. The summed E-state index contributed by atoms with van der Waals surface area (Å²) < 4.78 is 16.2. The maximum absolute atomic E-state index is 13.1. The van der Waals surface area contributed by atoms with Crippen LogP contribution in [-0.2, 0) is 6.54 Å². The minimum absolute atomic E-state index is 0.214. The Morgan fingerprint density at radius 3 is 2.74 bits per heavy atom. The Morgan fingerprint density at radius 1 is 1.11 bits per heavy atom. The molecule has 0 radical (unpaired) electrons. The molecule has 0 saturated heterocycles. The highest BCUT2D eigenvalue weighted by atomic mass is 79.9. The lowest BCUT2D eigenvalue weighted by Crippen LogP contribution is -2.01. The van der Waals surface area contributed by atoms with E-state index >= 15 is 0 Å². The van der Waals surface area contributed by atoms with Crippen LogP contribution in [0.15, 0.2) is 53.1 Å². The minimum atomic E-state index is -0.214. The number of nitrogens with two attached hydrogens (primary N) is 1. The Bertz CT molecular complexity index is 749. The molecule has 0 fully saturated rings. The average Bonchev–Trinajstić information content (AvgIpc) is 2.75. The molecule has 96 valence electrons. The lowest BCUT2D eigenvalue weighted by Gasteiger charge is -2.09. The number of aromatic nitrogens is 1. The third kappa shape index (κ3) is 2.36. The van der Waals surface area contributed by atoms with Gasteiger partial charge in [0.2, 0.25) is 0 Å². The number of fused-ring (bicyclic) bond motifs is 1. The van der Waals surface area contributed by atoms with Crippen molar-refractivity contribution in [3.63, 3.8) is 0 Å². The van der Waals surface area contributed by atoms with Crippen LogP contribution in [0.4, 0.5) is 10.1 Å². The molecule has 2 aromatic carbocycles. The molecule has 4 heteroatoms. The maximum atomic E-state index is 13.1. The zero-order valence-electron chi connectivity index (χ0n) is 10.1. The van der Waals surface area contributed by atoms with Gasteiger partial charge in [-0.05, 0) is 42.0 Å². The summed E-state index contributed by atoms with van der Waals surface area (Å²) in [7, 11) is 0. The average molecular weight is 319 g/mol. The number of anilines is 1. The summed E-state index contributed by atoms with van der Waals surface area (Å²) in [5, 5.41) is 0.899. The van der Waals surface area contributed by atoms with Crippen molar-refractivity contribution in [3.8, 4) is 0 Å². The minimum Gasteiger partial charge on any atom is -0.398 e. The van der Waals surface area contributed by atoms with Crippen molar-refractivity contribution in [2.24, 2.45) is 0 Å². The summed E-state index contributed by atoms with van der Waals surface area (Å²) in [5.74, 6) is -0.214. The van der Waals surface area contributed by atoms with Gasteiger partial charge in [0.1, 0.15) is 5.82 Å². The van der Waals surface area contributed by atoms with Crippen LogP contribution in [0.5, 0.6) is 0 Å². The molecule has 2 N–H and O–H groups in total. The first kappa shape index (κ1) is 12.2. The first-order valence-electron chi connectivity index (χ1n) is 5.92. The molecular weight excluding hydrogens is 307 g/mol. The van der Waals surface area contributed by atoms with Crippen LogP contribution in [0, 0.1) is 5.82 Å². The summed E-state index contributed by atoms with van der Waals surface area (Å²) in [6.07, 6.45) is 1.95. The highest BCUT2D eigenvalue weighted by molar-refractivity contribution is 9.10. The third-order valence-corrected chi connectivity index (χ3v) is 3.67. The molecule has 3 aromatic rings. The molecule has 0 unspecified atom stereocenters. The van der Waals surface area contributed by atoms with Gasteiger partial charge in [-0.15, -0.1) is 0 Å². The lowest BCUT2D eigenvalue weighted by atomic mass is 10.2. The van der Waals surface area contributed by atoms with Gasteiger partial charge in [-0.25, -0.2) is 4.39 Å². The van der Waals surface area contributed by atoms with Crippen molar-refractivity contribution in [3.05, 3.63) is 64.5 Å². The van der Waals surface area contributed by atoms with Gasteiger partial charge in [-0.1, -0.05) is 22.0 Å². The van der Waals surface area contributed by atoms with E-state index in [1.165, 1.54) is 12.1 Å². The predicted octanol–water partition coefficient (Wildman–Crippen LogP) is 4.17. The molecule has 0 aliphatic carbocycles. The second kappa shape index (κ2) is 4.70. The quantitative estimate of drug-likeness (QED) is 0.706. The van der Waals surface area contributed by atoms with Gasteiger partial charge in [-0.2, -0.15) is 0 Å². The molecule has 3 rings (SSSR count). The van der Waals surface area contributed by atoms with Gasteiger partial charge < -0.3 is 10.3 Å². The highest BCUT2D eigenvalue weighted by Gasteiger charge is 2.05. The molecule has 0 aliphatic rings. The smallest absolute Gasteiger partial charge is 0.123 e. The molecule has 0 spiro atoms. The van der Waals surface area contributed by atoms with Crippen molar-refractivity contribution in [1.82, 2.24) is 4.57 Å². The third-order valence-electron chi connectivity index (χ3n) is 3.18. The van der Waals surface area contributed by atoms with Gasteiger partial charge >= 0.3 is 0 Å². The van der Waals surface area contributed by atoms with Crippen LogP contribution >= 0.6 is 15.9 Å². The Hall–Kier alpha value is -1.81. The molecule has 1 aromatic heterocycles. The van der Waals surface area contributed by atoms with E-state index in [-0.39, 0.29) is 5.82 Å². The Morgan fingerprint density at radius 2 is 1.95 bits per heavy atom. The molecular formula is C15H12BrFN2. The second-order valence-electron chi connectivity index (χ2n) is 4.49. The Labute approximate surface area is 118 Å². The number of halogens is 2. The fourth-order valence-corrected chi connectivity index (χ4v) is 2.58. The largest absolute Gasteiger partial charge is 0.398 e. The molecule has 1 heterocycles. The summed E-state index contributed by atoms with van der Waals surface area (Å²) >= 11 is 3.39. The van der Waals surface area contributed by atoms with E-state index in [2.05, 4.69) is 20.5 Å². The van der Waals surface area contributed by atoms with Crippen LogP contribution in [0.3, 0.4) is 0 Å². The van der Waals surface area contributed by atoms with Crippen molar-refractivity contribution >= 4 is 32.5 Å². The van der Waals surface area contributed by atoms with Gasteiger partial charge in [0, 0.05) is 33.8 Å². The van der Waals surface area contributed by atoms with Crippen molar-refractivity contribution in [1.29, 1.82) is 0 Å². The first-order chi connectivity index (χ1) is 9.13. The second-order valence-corrected chi connectivity index (χ2v) is 5.41. The number of rotatable bonds is 2. The number of nitrogen functional groups attached to an aromatic ring is 1. The first-order valence-corrected chi connectivity index (χ1v) is 6.71. The fraction of sp³-hybridized carbons (Fsp3) is 0.0667. The van der Waals surface area contributed by atoms with E-state index in [9.17, 15) is 4.39 Å². The summed E-state index contributed by atoms with van der Waals surface area (Å²) in [6, 6.07) is 12.6. The fourth-order valence-electron chi connectivity index (χ4n) is 2.20. The van der Waals surface area contributed by atoms with E-state index in [4.69, 9.17) is 5.73 Å². The monoisotopic (exact) mass is 318 g/mol. The van der Waals surface area contributed by atoms with Crippen LogP contribution in [0.2, 0.25) is 0 Å². The number of nitrogens with zero attached hydrogens (tertiary/aromatic N) is 1. The highest BCUT2D eigenvalue weighted by Crippen LogP contribution is 2.22. The van der Waals surface area contributed by atoms with Crippen LogP contribution in [0.25, 0.3) is 10.9 Å². The van der Waals surface area contributed by atoms with E-state index in [1.807, 2.05) is 30.5 Å². The van der Waals surface area contributed by atoms with Gasteiger partial charge in [-0.3, -0.25) is 0 Å².